The number of aromatic nitrogens is 2. The van der Waals surface area contributed by atoms with Crippen molar-refractivity contribution in [3.8, 4) is 17.1 Å². The van der Waals surface area contributed by atoms with Gasteiger partial charge in [0.25, 0.3) is 0 Å². The number of ketones is 1. The van der Waals surface area contributed by atoms with Crippen LogP contribution in [0, 0.1) is 17.1 Å². The Kier molecular flexibility index (Phi) is 7.86. The summed E-state index contributed by atoms with van der Waals surface area (Å²) in [6, 6.07) is 5.23. The molecule has 0 spiro atoms. The molecule has 9 heteroatoms. The van der Waals surface area contributed by atoms with Gasteiger partial charge in [-0.25, -0.2) is 14.4 Å². The van der Waals surface area contributed by atoms with Gasteiger partial charge in [0.05, 0.1) is 18.9 Å². The van der Waals surface area contributed by atoms with E-state index in [9.17, 15) is 14.0 Å². The maximum absolute atomic E-state index is 15.0. The third-order valence-electron chi connectivity index (χ3n) is 5.59. The van der Waals surface area contributed by atoms with Crippen molar-refractivity contribution in [2.45, 2.75) is 39.0 Å². The lowest BCUT2D eigenvalue weighted by Crippen LogP contribution is -2.38. The maximum atomic E-state index is 15.0. The number of benzene rings is 1. The Bertz CT molecular complexity index is 972. The van der Waals surface area contributed by atoms with Crippen LogP contribution in [0.2, 0.25) is 0 Å². The number of carbonyl (C=O) groups is 2. The highest BCUT2D eigenvalue weighted by Crippen LogP contribution is 2.26. The number of aryl methyl sites for hydroxylation is 1. The van der Waals surface area contributed by atoms with Crippen LogP contribution in [-0.4, -0.2) is 52.1 Å². The van der Waals surface area contributed by atoms with Gasteiger partial charge in [-0.2, -0.15) is 0 Å². The van der Waals surface area contributed by atoms with Gasteiger partial charge in [0.15, 0.2) is 0 Å². The smallest absolute Gasteiger partial charge is 0.316 e. The average molecular weight is 442 g/mol. The highest BCUT2D eigenvalue weighted by molar-refractivity contribution is 5.98. The van der Waals surface area contributed by atoms with E-state index >= 15 is 0 Å². The predicted molar refractivity (Wildman–Crippen MR) is 118 cm³/mol. The van der Waals surface area contributed by atoms with Gasteiger partial charge in [0.1, 0.15) is 11.6 Å². The molecule has 1 amide bonds. The van der Waals surface area contributed by atoms with E-state index in [4.69, 9.17) is 15.9 Å². The number of nitrogens with zero attached hydrogens (tertiary/aromatic N) is 3. The molecule has 2 heterocycles. The monoisotopic (exact) mass is 441 g/mol. The SMILES string of the molecule is CC(=O)N1CCC(COc2ncc(-c3cccc(CCC(=O)CC(=N)N)c3F)cn2)CC1. The molecule has 0 atom stereocenters. The van der Waals surface area contributed by atoms with Gasteiger partial charge in [0.2, 0.25) is 5.91 Å². The third kappa shape index (κ3) is 6.32. The molecule has 1 saturated heterocycles. The van der Waals surface area contributed by atoms with E-state index in [1.54, 1.807) is 25.1 Å². The van der Waals surface area contributed by atoms with Crippen LogP contribution in [0.15, 0.2) is 30.6 Å². The number of rotatable bonds is 9. The number of likely N-dealkylation sites (tertiary alicyclic amines) is 1. The number of carbonyl (C=O) groups excluding carboxylic acids is 2. The van der Waals surface area contributed by atoms with Crippen molar-refractivity contribution in [2.75, 3.05) is 19.7 Å². The lowest BCUT2D eigenvalue weighted by molar-refractivity contribution is -0.130. The minimum Gasteiger partial charge on any atom is -0.463 e. The molecule has 1 aliphatic rings. The van der Waals surface area contributed by atoms with Crippen molar-refractivity contribution in [1.29, 1.82) is 5.41 Å². The molecule has 8 nitrogen and oxygen atoms in total. The van der Waals surface area contributed by atoms with Gasteiger partial charge >= 0.3 is 6.01 Å². The Labute approximate surface area is 186 Å². The zero-order valence-corrected chi connectivity index (χ0v) is 18.1. The molecule has 1 fully saturated rings. The van der Waals surface area contributed by atoms with Crippen molar-refractivity contribution >= 4 is 17.5 Å². The first-order chi connectivity index (χ1) is 15.3. The predicted octanol–water partition coefficient (Wildman–Crippen LogP) is 2.75. The van der Waals surface area contributed by atoms with Gasteiger partial charge in [-0.05, 0) is 30.7 Å². The Morgan fingerprint density at radius 1 is 1.25 bits per heavy atom. The second-order valence-corrected chi connectivity index (χ2v) is 8.03. The molecule has 1 aromatic heterocycles. The van der Waals surface area contributed by atoms with Crippen molar-refractivity contribution in [1.82, 2.24) is 14.9 Å². The topological polar surface area (TPSA) is 122 Å². The molecule has 0 saturated carbocycles. The summed E-state index contributed by atoms with van der Waals surface area (Å²) in [6.45, 7) is 3.53. The van der Waals surface area contributed by atoms with Gasteiger partial charge < -0.3 is 15.4 Å². The van der Waals surface area contributed by atoms with E-state index in [2.05, 4.69) is 9.97 Å². The molecule has 0 unspecified atom stereocenters. The van der Waals surface area contributed by atoms with Crippen LogP contribution in [-0.2, 0) is 16.0 Å². The van der Waals surface area contributed by atoms with E-state index in [1.807, 2.05) is 4.90 Å². The number of ether oxygens (including phenoxy) is 1. The van der Waals surface area contributed by atoms with Crippen molar-refractivity contribution in [3.63, 3.8) is 0 Å². The summed E-state index contributed by atoms with van der Waals surface area (Å²) in [6.07, 6.45) is 5.03. The fourth-order valence-corrected chi connectivity index (χ4v) is 3.71. The summed E-state index contributed by atoms with van der Waals surface area (Å²) in [4.78, 5) is 33.4. The fraction of sp³-hybridized carbons (Fsp3) is 0.435. The number of hydrogen-bond acceptors (Lipinski definition) is 6. The number of Topliss-reactive ketones (excluding diaryl/α,β-unsaturated/α-hetero) is 1. The lowest BCUT2D eigenvalue weighted by atomic mass is 9.98. The van der Waals surface area contributed by atoms with E-state index in [0.717, 1.165) is 25.9 Å². The highest BCUT2D eigenvalue weighted by atomic mass is 19.1. The second kappa shape index (κ2) is 10.8. The van der Waals surface area contributed by atoms with Crippen LogP contribution >= 0.6 is 0 Å². The summed E-state index contributed by atoms with van der Waals surface area (Å²) >= 11 is 0. The molecule has 3 N–H and O–H groups in total. The summed E-state index contributed by atoms with van der Waals surface area (Å²) < 4.78 is 20.7. The Hall–Kier alpha value is -3.36. The number of amidine groups is 1. The van der Waals surface area contributed by atoms with E-state index < -0.39 is 5.82 Å². The van der Waals surface area contributed by atoms with E-state index in [-0.39, 0.29) is 42.8 Å². The quantitative estimate of drug-likeness (QED) is 0.456. The van der Waals surface area contributed by atoms with Gasteiger partial charge in [-0.3, -0.25) is 15.0 Å². The Morgan fingerprint density at radius 2 is 1.94 bits per heavy atom. The van der Waals surface area contributed by atoms with Crippen LogP contribution < -0.4 is 10.5 Å². The van der Waals surface area contributed by atoms with Gasteiger partial charge in [0, 0.05) is 50.0 Å². The first kappa shape index (κ1) is 23.3. The minimum atomic E-state index is -0.419. The van der Waals surface area contributed by atoms with Crippen LogP contribution in [0.25, 0.3) is 11.1 Å². The number of piperidine rings is 1. The zero-order chi connectivity index (χ0) is 23.1. The summed E-state index contributed by atoms with van der Waals surface area (Å²) in [5, 5.41) is 7.17. The Balaban J connectivity index is 1.57. The van der Waals surface area contributed by atoms with Gasteiger partial charge in [-0.15, -0.1) is 0 Å². The zero-order valence-electron chi connectivity index (χ0n) is 18.1. The molecular weight excluding hydrogens is 413 g/mol. The maximum Gasteiger partial charge on any atom is 0.316 e. The molecule has 2 aromatic rings. The minimum absolute atomic E-state index is 0.0993. The Morgan fingerprint density at radius 3 is 2.56 bits per heavy atom. The van der Waals surface area contributed by atoms with Crippen LogP contribution in [0.3, 0.4) is 0 Å². The molecule has 3 rings (SSSR count). The van der Waals surface area contributed by atoms with Crippen LogP contribution in [0.4, 0.5) is 4.39 Å². The summed E-state index contributed by atoms with van der Waals surface area (Å²) in [7, 11) is 0. The second-order valence-electron chi connectivity index (χ2n) is 8.03. The summed E-state index contributed by atoms with van der Waals surface area (Å²) in [5.74, 6) is -0.363. The first-order valence-corrected chi connectivity index (χ1v) is 10.7. The molecular formula is C23H28FN5O3. The van der Waals surface area contributed by atoms with Crippen molar-refractivity contribution in [3.05, 3.63) is 42.0 Å². The average Bonchev–Trinajstić information content (AvgIpc) is 2.77. The molecule has 1 aliphatic heterocycles. The van der Waals surface area contributed by atoms with Crippen LogP contribution in [0.5, 0.6) is 6.01 Å². The molecule has 0 radical (unpaired) electrons. The molecule has 0 aliphatic carbocycles. The van der Waals surface area contributed by atoms with Crippen LogP contribution in [0.1, 0.15) is 38.2 Å². The summed E-state index contributed by atoms with van der Waals surface area (Å²) in [5.41, 5.74) is 6.52. The fourth-order valence-electron chi connectivity index (χ4n) is 3.71. The first-order valence-electron chi connectivity index (χ1n) is 10.7. The van der Waals surface area contributed by atoms with Crippen molar-refractivity contribution in [2.24, 2.45) is 11.7 Å². The van der Waals surface area contributed by atoms with E-state index in [0.29, 0.717) is 29.2 Å². The molecule has 1 aromatic carbocycles. The number of amides is 1. The largest absolute Gasteiger partial charge is 0.463 e. The number of halogens is 1. The molecule has 170 valence electrons. The molecule has 0 bridgehead atoms. The van der Waals surface area contributed by atoms with E-state index in [1.165, 1.54) is 12.4 Å². The number of nitrogens with two attached hydrogens (primary N) is 1. The van der Waals surface area contributed by atoms with Gasteiger partial charge in [-0.1, -0.05) is 18.2 Å². The normalized spacial score (nSPS) is 14.2. The number of nitrogens with one attached hydrogen (secondary N) is 1. The lowest BCUT2D eigenvalue weighted by Gasteiger charge is -2.30. The van der Waals surface area contributed by atoms with Crippen molar-refractivity contribution < 1.29 is 18.7 Å². The standard InChI is InChI=1S/C23H28FN5O3/c1-15(30)29-9-7-16(8-10-29)14-32-23-27-12-18(13-28-23)20-4-2-3-17(22(20)24)5-6-19(31)11-21(25)26/h2-4,12-13,16H,5-11,14H2,1H3,(H3,25,26). The molecule has 32 heavy (non-hydrogen) atoms. The highest BCUT2D eigenvalue weighted by Gasteiger charge is 2.21. The third-order valence-corrected chi connectivity index (χ3v) is 5.59. The number of hydrogen-bond donors (Lipinski definition) is 2.